The smallest absolute Gasteiger partial charge is 0.320 e. The fourth-order valence-corrected chi connectivity index (χ4v) is 1.79. The lowest BCUT2D eigenvalue weighted by Crippen LogP contribution is -2.38. The average Bonchev–Trinajstić information content (AvgIpc) is 2.39. The van der Waals surface area contributed by atoms with E-state index in [1.807, 2.05) is 13.8 Å². The molecule has 0 aliphatic rings. The van der Waals surface area contributed by atoms with Crippen molar-refractivity contribution in [3.05, 3.63) is 24.4 Å². The maximum Gasteiger partial charge on any atom is 0.320 e. The molecule has 0 bridgehead atoms. The number of amides is 2. The molecule has 5 nitrogen and oxygen atoms in total. The number of nitrogens with one attached hydrogen (secondary N) is 2. The molecule has 100 valence electrons. The fraction of sp³-hybridized carbons (Fsp3) is 0.538. The Morgan fingerprint density at radius 3 is 2.67 bits per heavy atom. The zero-order chi connectivity index (χ0) is 13.4. The Hall–Kier alpha value is -1.62. The van der Waals surface area contributed by atoms with Crippen LogP contribution in [0.25, 0.3) is 0 Å². The van der Waals surface area contributed by atoms with Crippen LogP contribution in [0.5, 0.6) is 0 Å². The van der Waals surface area contributed by atoms with Gasteiger partial charge in [-0.05, 0) is 18.1 Å². The lowest BCUT2D eigenvalue weighted by molar-refractivity contribution is 0.104. The zero-order valence-electron chi connectivity index (χ0n) is 10.9. The number of aliphatic hydroxyl groups is 1. The van der Waals surface area contributed by atoms with Crippen LogP contribution in [0.3, 0.4) is 0 Å². The first kappa shape index (κ1) is 14.4. The summed E-state index contributed by atoms with van der Waals surface area (Å²) in [7, 11) is 0. The summed E-state index contributed by atoms with van der Waals surface area (Å²) in [5.41, 5.74) is 0. The summed E-state index contributed by atoms with van der Waals surface area (Å²) in [6.07, 6.45) is 2.91. The number of carbonyl (C=O) groups is 1. The van der Waals surface area contributed by atoms with Crippen LogP contribution in [-0.4, -0.2) is 28.8 Å². The molecule has 18 heavy (non-hydrogen) atoms. The Morgan fingerprint density at radius 2 is 2.11 bits per heavy atom. The van der Waals surface area contributed by atoms with E-state index in [0.29, 0.717) is 5.82 Å². The number of rotatable bonds is 6. The SMILES string of the molecule is CCC(CC)C(O)CNC(=O)Nc1ccccn1. The number of aliphatic hydroxyl groups excluding tert-OH is 1. The number of aromatic nitrogens is 1. The largest absolute Gasteiger partial charge is 0.391 e. The summed E-state index contributed by atoms with van der Waals surface area (Å²) in [6, 6.07) is 4.93. The van der Waals surface area contributed by atoms with E-state index in [4.69, 9.17) is 0 Å². The minimum atomic E-state index is -0.505. The number of hydrogen-bond acceptors (Lipinski definition) is 3. The highest BCUT2D eigenvalue weighted by Crippen LogP contribution is 2.12. The van der Waals surface area contributed by atoms with Crippen molar-refractivity contribution < 1.29 is 9.90 Å². The van der Waals surface area contributed by atoms with Crippen molar-refractivity contribution in [2.45, 2.75) is 32.8 Å². The third kappa shape index (κ3) is 4.71. The minimum Gasteiger partial charge on any atom is -0.391 e. The zero-order valence-corrected chi connectivity index (χ0v) is 10.9. The van der Waals surface area contributed by atoms with E-state index in [2.05, 4.69) is 15.6 Å². The van der Waals surface area contributed by atoms with E-state index in [9.17, 15) is 9.90 Å². The van der Waals surface area contributed by atoms with E-state index in [1.54, 1.807) is 24.4 Å². The topological polar surface area (TPSA) is 74.2 Å². The number of carbonyl (C=O) groups excluding carboxylic acids is 1. The van der Waals surface area contributed by atoms with Gasteiger partial charge in [0.15, 0.2) is 0 Å². The fourth-order valence-electron chi connectivity index (χ4n) is 1.79. The Labute approximate surface area is 108 Å². The molecule has 0 fully saturated rings. The highest BCUT2D eigenvalue weighted by atomic mass is 16.3. The van der Waals surface area contributed by atoms with Crippen LogP contribution in [0.15, 0.2) is 24.4 Å². The lowest BCUT2D eigenvalue weighted by Gasteiger charge is -2.20. The van der Waals surface area contributed by atoms with Gasteiger partial charge in [0.25, 0.3) is 0 Å². The van der Waals surface area contributed by atoms with E-state index in [-0.39, 0.29) is 18.5 Å². The van der Waals surface area contributed by atoms with Gasteiger partial charge in [0, 0.05) is 12.7 Å². The molecule has 0 aromatic carbocycles. The molecular weight excluding hydrogens is 230 g/mol. The van der Waals surface area contributed by atoms with Crippen LogP contribution < -0.4 is 10.6 Å². The number of anilines is 1. The molecule has 0 saturated heterocycles. The summed E-state index contributed by atoms with van der Waals surface area (Å²) in [5, 5.41) is 15.1. The minimum absolute atomic E-state index is 0.222. The van der Waals surface area contributed by atoms with Crippen molar-refractivity contribution in [1.82, 2.24) is 10.3 Å². The van der Waals surface area contributed by atoms with E-state index in [0.717, 1.165) is 12.8 Å². The van der Waals surface area contributed by atoms with Crippen molar-refractivity contribution in [2.75, 3.05) is 11.9 Å². The molecule has 0 aliphatic carbocycles. The quantitative estimate of drug-likeness (QED) is 0.724. The van der Waals surface area contributed by atoms with E-state index >= 15 is 0 Å². The molecule has 1 atom stereocenters. The summed E-state index contributed by atoms with van der Waals surface area (Å²) in [4.78, 5) is 15.5. The molecule has 2 amide bonds. The van der Waals surface area contributed by atoms with Gasteiger partial charge in [-0.25, -0.2) is 9.78 Å². The van der Waals surface area contributed by atoms with Crippen LogP contribution in [0, 0.1) is 5.92 Å². The molecule has 0 aliphatic heterocycles. The Balaban J connectivity index is 2.33. The predicted molar refractivity (Wildman–Crippen MR) is 71.3 cm³/mol. The molecule has 1 aromatic heterocycles. The maximum absolute atomic E-state index is 11.5. The average molecular weight is 251 g/mol. The van der Waals surface area contributed by atoms with Crippen molar-refractivity contribution >= 4 is 11.8 Å². The second kappa shape index (κ2) is 7.66. The van der Waals surface area contributed by atoms with Gasteiger partial charge in [-0.1, -0.05) is 32.8 Å². The van der Waals surface area contributed by atoms with Crippen molar-refractivity contribution in [1.29, 1.82) is 0 Å². The van der Waals surface area contributed by atoms with Gasteiger partial charge in [-0.3, -0.25) is 5.32 Å². The Kier molecular flexibility index (Phi) is 6.14. The van der Waals surface area contributed by atoms with E-state index in [1.165, 1.54) is 0 Å². The highest BCUT2D eigenvalue weighted by molar-refractivity contribution is 5.88. The number of pyridine rings is 1. The van der Waals surface area contributed by atoms with Gasteiger partial charge in [0.2, 0.25) is 0 Å². The molecular formula is C13H21N3O2. The summed E-state index contributed by atoms with van der Waals surface area (Å²) < 4.78 is 0. The molecule has 3 N–H and O–H groups in total. The maximum atomic E-state index is 11.5. The second-order valence-electron chi connectivity index (χ2n) is 4.19. The van der Waals surface area contributed by atoms with Gasteiger partial charge < -0.3 is 10.4 Å². The second-order valence-corrected chi connectivity index (χ2v) is 4.19. The van der Waals surface area contributed by atoms with Crippen molar-refractivity contribution in [3.63, 3.8) is 0 Å². The normalized spacial score (nSPS) is 12.2. The summed E-state index contributed by atoms with van der Waals surface area (Å²) >= 11 is 0. The summed E-state index contributed by atoms with van der Waals surface area (Å²) in [6.45, 7) is 4.32. The monoisotopic (exact) mass is 251 g/mol. The Morgan fingerprint density at radius 1 is 1.39 bits per heavy atom. The first-order valence-electron chi connectivity index (χ1n) is 6.31. The first-order chi connectivity index (χ1) is 8.67. The van der Waals surface area contributed by atoms with Gasteiger partial charge in [0.05, 0.1) is 6.10 Å². The third-order valence-electron chi connectivity index (χ3n) is 2.97. The van der Waals surface area contributed by atoms with Crippen molar-refractivity contribution in [3.8, 4) is 0 Å². The molecule has 0 spiro atoms. The molecule has 0 radical (unpaired) electrons. The molecule has 1 aromatic rings. The van der Waals surface area contributed by atoms with Gasteiger partial charge >= 0.3 is 6.03 Å². The van der Waals surface area contributed by atoms with Crippen LogP contribution in [-0.2, 0) is 0 Å². The summed E-state index contributed by atoms with van der Waals surface area (Å²) in [5.74, 6) is 0.715. The highest BCUT2D eigenvalue weighted by Gasteiger charge is 2.16. The molecule has 1 heterocycles. The lowest BCUT2D eigenvalue weighted by atomic mass is 9.97. The number of hydrogen-bond donors (Lipinski definition) is 3. The first-order valence-corrected chi connectivity index (χ1v) is 6.31. The molecule has 5 heteroatoms. The van der Waals surface area contributed by atoms with Gasteiger partial charge in [0.1, 0.15) is 5.82 Å². The Bertz CT molecular complexity index is 353. The molecule has 0 saturated carbocycles. The van der Waals surface area contributed by atoms with E-state index < -0.39 is 6.10 Å². The predicted octanol–water partition coefficient (Wildman–Crippen LogP) is 2.00. The molecule has 1 unspecified atom stereocenters. The van der Waals surface area contributed by atoms with Crippen LogP contribution in [0.4, 0.5) is 10.6 Å². The number of urea groups is 1. The number of nitrogens with zero attached hydrogens (tertiary/aromatic N) is 1. The van der Waals surface area contributed by atoms with Crippen LogP contribution >= 0.6 is 0 Å². The van der Waals surface area contributed by atoms with Crippen LogP contribution in [0.1, 0.15) is 26.7 Å². The van der Waals surface area contributed by atoms with Gasteiger partial charge in [-0.2, -0.15) is 0 Å². The van der Waals surface area contributed by atoms with Crippen molar-refractivity contribution in [2.24, 2.45) is 5.92 Å². The third-order valence-corrected chi connectivity index (χ3v) is 2.97. The van der Waals surface area contributed by atoms with Gasteiger partial charge in [-0.15, -0.1) is 0 Å². The standard InChI is InChI=1S/C13H21N3O2/c1-3-10(4-2)11(17)9-15-13(18)16-12-7-5-6-8-14-12/h5-8,10-11,17H,3-4,9H2,1-2H3,(H2,14,15,16,18). The molecule has 1 rings (SSSR count). The van der Waals surface area contributed by atoms with Crippen LogP contribution in [0.2, 0.25) is 0 Å².